The Morgan fingerprint density at radius 2 is 1.06 bits per heavy atom. The molecule has 0 bridgehead atoms. The molecule has 1 heterocycles. The topological polar surface area (TPSA) is 16.4 Å². The average molecular weight is 694 g/mol. The van der Waals surface area contributed by atoms with Crippen LogP contribution < -0.4 is 4.90 Å². The Balaban J connectivity index is 1.17. The van der Waals surface area contributed by atoms with Gasteiger partial charge in [-0.1, -0.05) is 149 Å². The number of hydrogen-bond acceptors (Lipinski definition) is 2. The van der Waals surface area contributed by atoms with Crippen LogP contribution in [0.15, 0.2) is 168 Å². The molecule has 1 aromatic heterocycles. The maximum Gasteiger partial charge on any atom is 0.136 e. The van der Waals surface area contributed by atoms with Gasteiger partial charge in [0.2, 0.25) is 0 Å². The van der Waals surface area contributed by atoms with Crippen molar-refractivity contribution in [1.82, 2.24) is 0 Å². The molecule has 2 aliphatic rings. The van der Waals surface area contributed by atoms with E-state index in [0.29, 0.717) is 0 Å². The smallest absolute Gasteiger partial charge is 0.136 e. The van der Waals surface area contributed by atoms with E-state index in [2.05, 4.69) is 190 Å². The summed E-state index contributed by atoms with van der Waals surface area (Å²) in [6, 6.07) is 60.3. The van der Waals surface area contributed by atoms with Gasteiger partial charge in [0.25, 0.3) is 0 Å². The van der Waals surface area contributed by atoms with Crippen molar-refractivity contribution in [3.63, 3.8) is 0 Å². The number of fused-ring (bicyclic) bond motifs is 11. The first kappa shape index (κ1) is 31.2. The number of anilines is 3. The zero-order valence-electron chi connectivity index (χ0n) is 30.9. The van der Waals surface area contributed by atoms with Crippen molar-refractivity contribution < 1.29 is 4.42 Å². The first-order valence-electron chi connectivity index (χ1n) is 19.0. The maximum atomic E-state index is 6.28. The predicted octanol–water partition coefficient (Wildman–Crippen LogP) is 14.5. The SMILES string of the molecule is CC1(C)c2ccccc2-c2ccc(N(c3ccc(-c4cccc5oc6ccccc6c45)cc3)c3cc4ccccc4c4c3-c3ccccc3C4(C)C)cc21. The van der Waals surface area contributed by atoms with Crippen LogP contribution in [-0.4, -0.2) is 0 Å². The van der Waals surface area contributed by atoms with Crippen molar-refractivity contribution in [2.45, 2.75) is 38.5 Å². The minimum atomic E-state index is -0.162. The number of rotatable bonds is 4. The van der Waals surface area contributed by atoms with Gasteiger partial charge in [-0.05, 0) is 103 Å². The van der Waals surface area contributed by atoms with Gasteiger partial charge in [0.15, 0.2) is 0 Å². The molecule has 0 fully saturated rings. The molecule has 2 nitrogen and oxygen atoms in total. The first-order chi connectivity index (χ1) is 26.3. The second-order valence-corrected chi connectivity index (χ2v) is 16.1. The lowest BCUT2D eigenvalue weighted by Gasteiger charge is -2.31. The Bertz CT molecular complexity index is 3000. The molecule has 0 atom stereocenters. The van der Waals surface area contributed by atoms with Crippen molar-refractivity contribution in [3.05, 3.63) is 186 Å². The van der Waals surface area contributed by atoms with E-state index in [0.717, 1.165) is 38.9 Å². The molecule has 0 aliphatic heterocycles. The van der Waals surface area contributed by atoms with Gasteiger partial charge in [0.1, 0.15) is 11.2 Å². The quantitative estimate of drug-likeness (QED) is 0.182. The van der Waals surface area contributed by atoms with Crippen LogP contribution in [0.3, 0.4) is 0 Å². The lowest BCUT2D eigenvalue weighted by molar-refractivity contribution is 0.660. The van der Waals surface area contributed by atoms with E-state index in [1.54, 1.807) is 0 Å². The summed E-state index contributed by atoms with van der Waals surface area (Å²) in [6.07, 6.45) is 0. The Kier molecular flexibility index (Phi) is 6.39. The summed E-state index contributed by atoms with van der Waals surface area (Å²) in [4.78, 5) is 2.51. The highest BCUT2D eigenvalue weighted by molar-refractivity contribution is 6.12. The molecule has 9 aromatic rings. The van der Waals surface area contributed by atoms with Gasteiger partial charge < -0.3 is 9.32 Å². The summed E-state index contributed by atoms with van der Waals surface area (Å²) in [7, 11) is 0. The van der Waals surface area contributed by atoms with E-state index in [1.807, 2.05) is 6.07 Å². The summed E-state index contributed by atoms with van der Waals surface area (Å²) in [5.74, 6) is 0. The Hall–Kier alpha value is -6.38. The van der Waals surface area contributed by atoms with E-state index in [9.17, 15) is 0 Å². The van der Waals surface area contributed by atoms with Gasteiger partial charge in [-0.3, -0.25) is 0 Å². The van der Waals surface area contributed by atoms with Crippen LogP contribution >= 0.6 is 0 Å². The molecule has 0 amide bonds. The standard InChI is InChI=1S/C52H39NO/c1-51(2)42-20-10-7-16-38(42)39-29-28-35(31-44(39)51)53(34-26-24-32(25-27-34)36-19-13-23-47-48(36)41-18-9-12-22-46(41)54-47)45-30-33-14-5-6-15-37(33)50-49(45)40-17-8-11-21-43(40)52(50,3)4/h5-31H,1-4H3. The van der Waals surface area contributed by atoms with E-state index < -0.39 is 0 Å². The third-order valence-corrected chi connectivity index (χ3v) is 12.4. The van der Waals surface area contributed by atoms with Gasteiger partial charge in [-0.25, -0.2) is 0 Å². The molecule has 0 saturated carbocycles. The third kappa shape index (κ3) is 4.23. The van der Waals surface area contributed by atoms with Crippen molar-refractivity contribution in [2.24, 2.45) is 0 Å². The fourth-order valence-electron chi connectivity index (χ4n) is 9.88. The minimum absolute atomic E-state index is 0.122. The molecule has 0 N–H and O–H groups in total. The van der Waals surface area contributed by atoms with Gasteiger partial charge in [-0.2, -0.15) is 0 Å². The van der Waals surface area contributed by atoms with Crippen LogP contribution in [0.5, 0.6) is 0 Å². The van der Waals surface area contributed by atoms with Crippen LogP contribution in [0.1, 0.15) is 49.9 Å². The molecule has 0 unspecified atom stereocenters. The molecular formula is C52H39NO. The number of hydrogen-bond donors (Lipinski definition) is 0. The summed E-state index contributed by atoms with van der Waals surface area (Å²) >= 11 is 0. The van der Waals surface area contributed by atoms with Crippen molar-refractivity contribution in [3.8, 4) is 33.4 Å². The fraction of sp³-hybridized carbons (Fsp3) is 0.115. The van der Waals surface area contributed by atoms with E-state index in [1.165, 1.54) is 66.5 Å². The predicted molar refractivity (Wildman–Crippen MR) is 226 cm³/mol. The van der Waals surface area contributed by atoms with Gasteiger partial charge in [-0.15, -0.1) is 0 Å². The van der Waals surface area contributed by atoms with Gasteiger partial charge in [0.05, 0.1) is 5.69 Å². The van der Waals surface area contributed by atoms with Crippen molar-refractivity contribution in [1.29, 1.82) is 0 Å². The molecule has 54 heavy (non-hydrogen) atoms. The Morgan fingerprint density at radius 3 is 1.87 bits per heavy atom. The maximum absolute atomic E-state index is 6.28. The van der Waals surface area contributed by atoms with Crippen LogP contribution in [-0.2, 0) is 10.8 Å². The van der Waals surface area contributed by atoms with E-state index >= 15 is 0 Å². The molecule has 2 aliphatic carbocycles. The molecular weight excluding hydrogens is 655 g/mol. The van der Waals surface area contributed by atoms with Crippen LogP contribution in [0.4, 0.5) is 17.1 Å². The molecule has 258 valence electrons. The monoisotopic (exact) mass is 693 g/mol. The summed E-state index contributed by atoms with van der Waals surface area (Å²) < 4.78 is 6.28. The zero-order chi connectivity index (χ0) is 36.3. The molecule has 11 rings (SSSR count). The van der Waals surface area contributed by atoms with Crippen LogP contribution in [0, 0.1) is 0 Å². The lowest BCUT2D eigenvalue weighted by atomic mass is 9.80. The number of para-hydroxylation sites is 1. The number of benzene rings is 8. The zero-order valence-corrected chi connectivity index (χ0v) is 30.9. The lowest BCUT2D eigenvalue weighted by Crippen LogP contribution is -2.18. The van der Waals surface area contributed by atoms with Crippen molar-refractivity contribution in [2.75, 3.05) is 4.90 Å². The number of nitrogens with zero attached hydrogens (tertiary/aromatic N) is 1. The molecule has 8 aromatic carbocycles. The highest BCUT2D eigenvalue weighted by Crippen LogP contribution is 2.58. The van der Waals surface area contributed by atoms with Crippen molar-refractivity contribution >= 4 is 49.8 Å². The van der Waals surface area contributed by atoms with Gasteiger partial charge in [0, 0.05) is 38.5 Å². The highest BCUT2D eigenvalue weighted by Gasteiger charge is 2.40. The normalized spacial score (nSPS) is 14.6. The van der Waals surface area contributed by atoms with Crippen LogP contribution in [0.2, 0.25) is 0 Å². The van der Waals surface area contributed by atoms with Gasteiger partial charge >= 0.3 is 0 Å². The average Bonchev–Trinajstić information content (AvgIpc) is 3.78. The van der Waals surface area contributed by atoms with E-state index in [4.69, 9.17) is 4.42 Å². The van der Waals surface area contributed by atoms with E-state index in [-0.39, 0.29) is 10.8 Å². The summed E-state index contributed by atoms with van der Waals surface area (Å²) in [5.41, 5.74) is 18.2. The molecule has 0 radical (unpaired) electrons. The molecule has 2 heteroatoms. The third-order valence-electron chi connectivity index (χ3n) is 12.4. The first-order valence-corrected chi connectivity index (χ1v) is 19.0. The number of furan rings is 1. The largest absolute Gasteiger partial charge is 0.456 e. The second-order valence-electron chi connectivity index (χ2n) is 16.1. The fourth-order valence-corrected chi connectivity index (χ4v) is 9.88. The Morgan fingerprint density at radius 1 is 0.444 bits per heavy atom. The highest BCUT2D eigenvalue weighted by atomic mass is 16.3. The van der Waals surface area contributed by atoms with Crippen LogP contribution in [0.25, 0.3) is 66.1 Å². The summed E-state index contributed by atoms with van der Waals surface area (Å²) in [6.45, 7) is 9.52. The minimum Gasteiger partial charge on any atom is -0.456 e. The summed E-state index contributed by atoms with van der Waals surface area (Å²) in [5, 5.41) is 4.87. The Labute approximate surface area is 315 Å². The molecule has 0 spiro atoms. The molecule has 0 saturated heterocycles. The second kappa shape index (κ2) is 11.1.